The van der Waals surface area contributed by atoms with Gasteiger partial charge in [0.15, 0.2) is 11.5 Å². The van der Waals surface area contributed by atoms with E-state index >= 15 is 0 Å². The Kier molecular flexibility index (Phi) is 3.94. The molecular formula is C17H19N5O3S. The fraction of sp³-hybridized carbons (Fsp3) is 0.294. The summed E-state index contributed by atoms with van der Waals surface area (Å²) in [6, 6.07) is 4.76. The maximum Gasteiger partial charge on any atom is 0.240 e. The second kappa shape index (κ2) is 6.04. The highest BCUT2D eigenvalue weighted by molar-refractivity contribution is 7.89. The van der Waals surface area contributed by atoms with Gasteiger partial charge in [0.1, 0.15) is 0 Å². The highest BCUT2D eigenvalue weighted by Gasteiger charge is 2.31. The standard InChI is InChI=1S/C17H19N5O3S/c1-10-2-3-13(26(24,25)21-11-6-12(23)7-11)8-14(10)15-9-20-17-16(18)19-4-5-22(15)17/h2-5,8-9,11-12,21,23H,6-7H2,1H3,(H2,18,19). The maximum absolute atomic E-state index is 12.6. The Hall–Kier alpha value is -2.49. The van der Waals surface area contributed by atoms with Gasteiger partial charge in [-0.3, -0.25) is 4.40 Å². The second-order valence-corrected chi connectivity index (χ2v) is 8.28. The number of rotatable bonds is 4. The van der Waals surface area contributed by atoms with Crippen molar-refractivity contribution in [2.75, 3.05) is 5.73 Å². The van der Waals surface area contributed by atoms with E-state index in [-0.39, 0.29) is 10.9 Å². The molecule has 4 N–H and O–H groups in total. The van der Waals surface area contributed by atoms with Crippen LogP contribution in [0.25, 0.3) is 16.9 Å². The summed E-state index contributed by atoms with van der Waals surface area (Å²) in [5, 5.41) is 9.35. The summed E-state index contributed by atoms with van der Waals surface area (Å²) in [4.78, 5) is 8.48. The summed E-state index contributed by atoms with van der Waals surface area (Å²) in [6.07, 6.45) is 5.43. The normalized spacial score (nSPS) is 20.2. The first-order valence-corrected chi connectivity index (χ1v) is 9.72. The number of nitrogens with zero attached hydrogens (tertiary/aromatic N) is 3. The molecule has 1 fully saturated rings. The van der Waals surface area contributed by atoms with Gasteiger partial charge in [0.25, 0.3) is 0 Å². The number of anilines is 1. The summed E-state index contributed by atoms with van der Waals surface area (Å²) in [6.45, 7) is 1.91. The van der Waals surface area contributed by atoms with Crippen molar-refractivity contribution < 1.29 is 13.5 Å². The van der Waals surface area contributed by atoms with Crippen molar-refractivity contribution in [1.82, 2.24) is 19.1 Å². The zero-order valence-corrected chi connectivity index (χ0v) is 14.9. The number of benzene rings is 1. The Balaban J connectivity index is 1.76. The number of aromatic nitrogens is 3. The van der Waals surface area contributed by atoms with Crippen LogP contribution in [0.5, 0.6) is 0 Å². The predicted octanol–water partition coefficient (Wildman–Crippen LogP) is 1.09. The average molecular weight is 373 g/mol. The lowest BCUT2D eigenvalue weighted by atomic mass is 9.91. The van der Waals surface area contributed by atoms with Crippen LogP contribution >= 0.6 is 0 Å². The van der Waals surface area contributed by atoms with Gasteiger partial charge in [-0.2, -0.15) is 0 Å². The summed E-state index contributed by atoms with van der Waals surface area (Å²) in [7, 11) is -3.66. The van der Waals surface area contributed by atoms with E-state index in [4.69, 9.17) is 5.73 Å². The minimum Gasteiger partial charge on any atom is -0.393 e. The summed E-state index contributed by atoms with van der Waals surface area (Å²) in [5.74, 6) is 0.311. The first kappa shape index (κ1) is 17.0. The van der Waals surface area contributed by atoms with E-state index < -0.39 is 16.1 Å². The third-order valence-electron chi connectivity index (χ3n) is 4.69. The summed E-state index contributed by atoms with van der Waals surface area (Å²) in [5.41, 5.74) is 8.78. The van der Waals surface area contributed by atoms with Gasteiger partial charge in [-0.25, -0.2) is 23.1 Å². The van der Waals surface area contributed by atoms with Gasteiger partial charge >= 0.3 is 0 Å². The highest BCUT2D eigenvalue weighted by atomic mass is 32.2. The van der Waals surface area contributed by atoms with Crippen LogP contribution in [0, 0.1) is 6.92 Å². The van der Waals surface area contributed by atoms with E-state index in [0.717, 1.165) is 16.8 Å². The fourth-order valence-electron chi connectivity index (χ4n) is 3.15. The molecule has 0 saturated heterocycles. The molecule has 0 spiro atoms. The first-order valence-electron chi connectivity index (χ1n) is 8.24. The number of aliphatic hydroxyl groups is 1. The van der Waals surface area contributed by atoms with E-state index in [2.05, 4.69) is 14.7 Å². The lowest BCUT2D eigenvalue weighted by Crippen LogP contribution is -2.46. The second-order valence-electron chi connectivity index (χ2n) is 6.57. The number of imidazole rings is 1. The average Bonchev–Trinajstić information content (AvgIpc) is 2.99. The Labute approximate surface area is 150 Å². The molecule has 3 aromatic rings. The smallest absolute Gasteiger partial charge is 0.240 e. The molecule has 8 nitrogen and oxygen atoms in total. The Morgan fingerprint density at radius 1 is 1.31 bits per heavy atom. The third kappa shape index (κ3) is 2.83. The molecule has 4 rings (SSSR count). The molecular weight excluding hydrogens is 354 g/mol. The molecule has 2 aromatic heterocycles. The molecule has 2 heterocycles. The number of aliphatic hydroxyl groups excluding tert-OH is 1. The van der Waals surface area contributed by atoms with Gasteiger partial charge in [0.05, 0.1) is 22.9 Å². The van der Waals surface area contributed by atoms with E-state index in [1.54, 1.807) is 41.2 Å². The number of fused-ring (bicyclic) bond motifs is 1. The molecule has 1 aliphatic rings. The highest BCUT2D eigenvalue weighted by Crippen LogP contribution is 2.29. The molecule has 0 atom stereocenters. The number of nitrogen functional groups attached to an aromatic ring is 1. The van der Waals surface area contributed by atoms with Gasteiger partial charge in [0, 0.05) is 24.0 Å². The molecule has 0 aliphatic heterocycles. The number of sulfonamides is 1. The summed E-state index contributed by atoms with van der Waals surface area (Å²) >= 11 is 0. The molecule has 1 saturated carbocycles. The van der Waals surface area contributed by atoms with Crippen LogP contribution in [0.4, 0.5) is 5.82 Å². The number of nitrogens with two attached hydrogens (primary N) is 1. The van der Waals surface area contributed by atoms with Gasteiger partial charge in [0.2, 0.25) is 10.0 Å². The lowest BCUT2D eigenvalue weighted by molar-refractivity contribution is 0.0712. The van der Waals surface area contributed by atoms with E-state index in [0.29, 0.717) is 24.3 Å². The van der Waals surface area contributed by atoms with Crippen LogP contribution in [0.3, 0.4) is 0 Å². The lowest BCUT2D eigenvalue weighted by Gasteiger charge is -2.31. The van der Waals surface area contributed by atoms with Crippen LogP contribution in [-0.4, -0.2) is 40.0 Å². The molecule has 0 unspecified atom stereocenters. The van der Waals surface area contributed by atoms with E-state index in [9.17, 15) is 13.5 Å². The molecule has 0 radical (unpaired) electrons. The van der Waals surface area contributed by atoms with Gasteiger partial charge < -0.3 is 10.8 Å². The molecule has 9 heteroatoms. The molecule has 136 valence electrons. The minimum atomic E-state index is -3.66. The molecule has 0 bridgehead atoms. The van der Waals surface area contributed by atoms with Gasteiger partial charge in [-0.1, -0.05) is 6.07 Å². The monoisotopic (exact) mass is 373 g/mol. The van der Waals surface area contributed by atoms with Crippen LogP contribution in [0.1, 0.15) is 18.4 Å². The summed E-state index contributed by atoms with van der Waals surface area (Å²) < 4.78 is 29.7. The Bertz CT molecular complexity index is 1090. The zero-order chi connectivity index (χ0) is 18.5. The minimum absolute atomic E-state index is 0.177. The topological polar surface area (TPSA) is 123 Å². The van der Waals surface area contributed by atoms with Crippen LogP contribution < -0.4 is 10.5 Å². The Morgan fingerprint density at radius 3 is 2.81 bits per heavy atom. The van der Waals surface area contributed by atoms with Crippen molar-refractivity contribution in [3.8, 4) is 11.3 Å². The van der Waals surface area contributed by atoms with Crippen molar-refractivity contribution in [2.45, 2.75) is 36.8 Å². The molecule has 1 aliphatic carbocycles. The Morgan fingerprint density at radius 2 is 2.08 bits per heavy atom. The first-order chi connectivity index (χ1) is 12.3. The van der Waals surface area contributed by atoms with Crippen molar-refractivity contribution >= 4 is 21.5 Å². The van der Waals surface area contributed by atoms with Crippen LogP contribution in [0.15, 0.2) is 41.7 Å². The number of nitrogens with one attached hydrogen (secondary N) is 1. The molecule has 0 amide bonds. The number of hydrogen-bond donors (Lipinski definition) is 3. The molecule has 26 heavy (non-hydrogen) atoms. The van der Waals surface area contributed by atoms with Gasteiger partial charge in [-0.05, 0) is 37.5 Å². The molecule has 1 aromatic carbocycles. The van der Waals surface area contributed by atoms with Crippen molar-refractivity contribution in [1.29, 1.82) is 0 Å². The van der Waals surface area contributed by atoms with Crippen molar-refractivity contribution in [2.24, 2.45) is 0 Å². The van der Waals surface area contributed by atoms with Crippen LogP contribution in [0.2, 0.25) is 0 Å². The van der Waals surface area contributed by atoms with Crippen molar-refractivity contribution in [3.05, 3.63) is 42.4 Å². The predicted molar refractivity (Wildman–Crippen MR) is 96.9 cm³/mol. The number of aryl methyl sites for hydroxylation is 1. The van der Waals surface area contributed by atoms with E-state index in [1.165, 1.54) is 0 Å². The quantitative estimate of drug-likeness (QED) is 0.629. The SMILES string of the molecule is Cc1ccc(S(=O)(=O)NC2CC(O)C2)cc1-c1cnc2c(N)nccn12. The number of hydrogen-bond acceptors (Lipinski definition) is 6. The van der Waals surface area contributed by atoms with Crippen LogP contribution in [-0.2, 0) is 10.0 Å². The zero-order valence-electron chi connectivity index (χ0n) is 14.1. The third-order valence-corrected chi connectivity index (χ3v) is 6.20. The largest absolute Gasteiger partial charge is 0.393 e. The maximum atomic E-state index is 12.6. The van der Waals surface area contributed by atoms with E-state index in [1.807, 2.05) is 6.92 Å². The van der Waals surface area contributed by atoms with Gasteiger partial charge in [-0.15, -0.1) is 0 Å². The van der Waals surface area contributed by atoms with Crippen molar-refractivity contribution in [3.63, 3.8) is 0 Å². The fourth-order valence-corrected chi connectivity index (χ4v) is 4.44.